The van der Waals surface area contributed by atoms with Crippen LogP contribution in [0.3, 0.4) is 0 Å². The van der Waals surface area contributed by atoms with Gasteiger partial charge in [-0.3, -0.25) is 0 Å². The predicted octanol–water partition coefficient (Wildman–Crippen LogP) is 0.853. The molecule has 0 radical (unpaired) electrons. The van der Waals surface area contributed by atoms with E-state index < -0.39 is 6.98 Å². The van der Waals surface area contributed by atoms with Crippen molar-refractivity contribution in [2.45, 2.75) is 31.8 Å². The van der Waals surface area contributed by atoms with Gasteiger partial charge >= 0.3 is 0 Å². The molecular formula is C8H17NO. The minimum absolute atomic E-state index is 0.223. The summed E-state index contributed by atoms with van der Waals surface area (Å²) in [5.74, 6) is 0. The van der Waals surface area contributed by atoms with Crippen LogP contribution >= 0.6 is 0 Å². The van der Waals surface area contributed by atoms with Crippen molar-refractivity contribution in [1.82, 2.24) is 4.90 Å². The van der Waals surface area contributed by atoms with Crippen LogP contribution in [-0.4, -0.2) is 36.2 Å². The summed E-state index contributed by atoms with van der Waals surface area (Å²) in [6.07, 6.45) is 2.79. The lowest BCUT2D eigenvalue weighted by Crippen LogP contribution is -2.25. The van der Waals surface area contributed by atoms with Gasteiger partial charge in [-0.05, 0) is 45.7 Å². The second kappa shape index (κ2) is 3.94. The van der Waals surface area contributed by atoms with Gasteiger partial charge in [-0.15, -0.1) is 0 Å². The predicted molar refractivity (Wildman–Crippen MR) is 42.0 cm³/mol. The number of rotatable bonds is 0. The summed E-state index contributed by atoms with van der Waals surface area (Å²) in [5.41, 5.74) is 0. The van der Waals surface area contributed by atoms with Crippen LogP contribution in [-0.2, 0) is 0 Å². The van der Waals surface area contributed by atoms with Gasteiger partial charge in [0.2, 0.25) is 0 Å². The second-order valence-electron chi connectivity index (χ2n) is 2.93. The van der Waals surface area contributed by atoms with E-state index in [1.807, 2.05) is 0 Å². The van der Waals surface area contributed by atoms with Crippen molar-refractivity contribution >= 4 is 0 Å². The lowest BCUT2D eigenvalue weighted by molar-refractivity contribution is 0.127. The molecule has 1 heterocycles. The minimum atomic E-state index is -1.96. The molecule has 0 aliphatic carbocycles. The van der Waals surface area contributed by atoms with E-state index >= 15 is 0 Å². The molecule has 10 heavy (non-hydrogen) atoms. The van der Waals surface area contributed by atoms with Crippen LogP contribution in [0.4, 0.5) is 0 Å². The topological polar surface area (TPSA) is 23.5 Å². The summed E-state index contributed by atoms with van der Waals surface area (Å²) in [4.78, 5) is 1.53. The highest BCUT2D eigenvalue weighted by Gasteiger charge is 2.09. The number of nitrogens with zero attached hydrogens (tertiary/aromatic N) is 1. The van der Waals surface area contributed by atoms with Gasteiger partial charge < -0.3 is 10.0 Å². The molecule has 0 aromatic heterocycles. The first kappa shape index (κ1) is 4.73. The van der Waals surface area contributed by atoms with Crippen molar-refractivity contribution in [1.29, 1.82) is 0 Å². The monoisotopic (exact) mass is 146 g/mol. The van der Waals surface area contributed by atoms with Crippen molar-refractivity contribution in [2.24, 2.45) is 0 Å². The molecular weight excluding hydrogens is 126 g/mol. The number of hydrogen-bond donors (Lipinski definition) is 1. The van der Waals surface area contributed by atoms with Crippen molar-refractivity contribution < 1.29 is 9.22 Å². The van der Waals surface area contributed by atoms with E-state index in [0.29, 0.717) is 13.1 Å². The molecule has 2 heteroatoms. The van der Waals surface area contributed by atoms with E-state index in [0.717, 1.165) is 25.7 Å². The van der Waals surface area contributed by atoms with Crippen LogP contribution < -0.4 is 0 Å². The second-order valence-corrected chi connectivity index (χ2v) is 2.93. The Kier molecular flexibility index (Phi) is 1.86. The van der Waals surface area contributed by atoms with Crippen molar-refractivity contribution in [3.8, 4) is 0 Å². The van der Waals surface area contributed by atoms with Gasteiger partial charge in [-0.2, -0.15) is 0 Å². The van der Waals surface area contributed by atoms with Crippen molar-refractivity contribution in [2.75, 3.05) is 20.1 Å². The first-order valence-electron chi connectivity index (χ1n) is 5.43. The number of likely N-dealkylation sites (tertiary alicyclic amines) is 1. The third-order valence-electron chi connectivity index (χ3n) is 1.93. The minimum Gasteiger partial charge on any atom is -0.393 e. The normalized spacial score (nSPS) is 31.5. The third kappa shape index (κ3) is 2.67. The molecule has 1 N–H and O–H groups in total. The molecule has 0 unspecified atom stereocenters. The van der Waals surface area contributed by atoms with E-state index in [9.17, 15) is 5.11 Å². The smallest absolute Gasteiger partial charge is 0.0541 e. The van der Waals surface area contributed by atoms with Gasteiger partial charge in [-0.1, -0.05) is 0 Å². The molecule has 1 aliphatic rings. The van der Waals surface area contributed by atoms with Gasteiger partial charge in [-0.25, -0.2) is 0 Å². The summed E-state index contributed by atoms with van der Waals surface area (Å²) in [6, 6.07) is 0. The number of hydrogen-bond acceptors (Lipinski definition) is 2. The molecule has 0 aromatic rings. The van der Waals surface area contributed by atoms with Crippen LogP contribution in [0.2, 0.25) is 0 Å². The molecule has 0 atom stereocenters. The molecule has 1 aliphatic heterocycles. The van der Waals surface area contributed by atoms with E-state index in [1.54, 1.807) is 0 Å². The molecule has 60 valence electrons. The fraction of sp³-hybridized carbons (Fsp3) is 1.00. The fourth-order valence-corrected chi connectivity index (χ4v) is 1.29. The Labute approximate surface area is 67.1 Å². The first-order valence-corrected chi connectivity index (χ1v) is 3.93. The van der Waals surface area contributed by atoms with Gasteiger partial charge in [0.1, 0.15) is 0 Å². The lowest BCUT2D eigenvalue weighted by Gasteiger charge is -2.21. The number of aliphatic hydroxyl groups is 1. The average Bonchev–Trinajstić information content (AvgIpc) is 1.93. The summed E-state index contributed by atoms with van der Waals surface area (Å²) >= 11 is 0. The number of aliphatic hydroxyl groups excluding tert-OH is 1. The van der Waals surface area contributed by atoms with Crippen LogP contribution in [0, 0.1) is 0 Å². The Morgan fingerprint density at radius 2 is 2.00 bits per heavy atom. The van der Waals surface area contributed by atoms with Crippen molar-refractivity contribution in [3.63, 3.8) is 0 Å². The summed E-state index contributed by atoms with van der Waals surface area (Å²) in [7, 11) is 0. The van der Waals surface area contributed by atoms with Crippen LogP contribution in [0.15, 0.2) is 0 Å². The molecule has 0 aromatic carbocycles. The quantitative estimate of drug-likeness (QED) is 0.548. The van der Waals surface area contributed by atoms with E-state index in [4.69, 9.17) is 4.11 Å². The Morgan fingerprint density at radius 1 is 1.40 bits per heavy atom. The highest BCUT2D eigenvalue weighted by atomic mass is 16.3. The van der Waals surface area contributed by atoms with Crippen LogP contribution in [0.5, 0.6) is 0 Å². The standard InChI is InChI=1S/C8H17NO/c1-9-6-2-4-8(10)5-3-7-9/h8,10H,2-7H2,1H3/i1D3. The molecule has 1 saturated heterocycles. The maximum atomic E-state index is 9.34. The molecule has 1 fully saturated rings. The van der Waals surface area contributed by atoms with Crippen LogP contribution in [0.25, 0.3) is 0 Å². The zero-order valence-electron chi connectivity index (χ0n) is 9.21. The van der Waals surface area contributed by atoms with E-state index in [1.165, 1.54) is 4.90 Å². The Bertz CT molecular complexity index is 150. The fourth-order valence-electron chi connectivity index (χ4n) is 1.29. The van der Waals surface area contributed by atoms with Gasteiger partial charge in [0.25, 0.3) is 0 Å². The zero-order valence-corrected chi connectivity index (χ0v) is 6.21. The maximum Gasteiger partial charge on any atom is 0.0541 e. The van der Waals surface area contributed by atoms with E-state index in [-0.39, 0.29) is 6.10 Å². The molecule has 1 rings (SSSR count). The average molecular weight is 146 g/mol. The highest BCUT2D eigenvalue weighted by molar-refractivity contribution is 4.63. The van der Waals surface area contributed by atoms with Gasteiger partial charge in [0.05, 0.1) is 6.10 Å². The SMILES string of the molecule is [2H]C([2H])([2H])N1CCCC(O)CCC1. The largest absolute Gasteiger partial charge is 0.393 e. The summed E-state index contributed by atoms with van der Waals surface area (Å²) in [6.45, 7) is -0.802. The maximum absolute atomic E-state index is 9.34. The Balaban J connectivity index is 2.42. The highest BCUT2D eigenvalue weighted by Crippen LogP contribution is 2.09. The van der Waals surface area contributed by atoms with Crippen LogP contribution in [0.1, 0.15) is 29.8 Å². The Hall–Kier alpha value is -0.0800. The molecule has 0 saturated carbocycles. The first-order chi connectivity index (χ1) is 6.00. The third-order valence-corrected chi connectivity index (χ3v) is 1.93. The molecule has 0 amide bonds. The van der Waals surface area contributed by atoms with E-state index in [2.05, 4.69) is 0 Å². The summed E-state index contributed by atoms with van der Waals surface area (Å²) < 4.78 is 21.7. The summed E-state index contributed by atoms with van der Waals surface area (Å²) in [5, 5.41) is 9.34. The van der Waals surface area contributed by atoms with Gasteiger partial charge in [0.15, 0.2) is 0 Å². The molecule has 0 bridgehead atoms. The molecule has 2 nitrogen and oxygen atoms in total. The zero-order chi connectivity index (χ0) is 9.90. The molecule has 0 spiro atoms. The Morgan fingerprint density at radius 3 is 2.50 bits per heavy atom. The lowest BCUT2D eigenvalue weighted by atomic mass is 10.1. The van der Waals surface area contributed by atoms with Crippen molar-refractivity contribution in [3.05, 3.63) is 0 Å². The van der Waals surface area contributed by atoms with Gasteiger partial charge in [0, 0.05) is 4.11 Å².